The minimum Gasteiger partial charge on any atom is -0.371 e. The van der Waals surface area contributed by atoms with Gasteiger partial charge in [0.2, 0.25) is 0 Å². The largest absolute Gasteiger partial charge is 0.371 e. The molecule has 1 N–H and O–H groups in total. The summed E-state index contributed by atoms with van der Waals surface area (Å²) in [4.78, 5) is 6.91. The van der Waals surface area contributed by atoms with Crippen molar-refractivity contribution in [2.24, 2.45) is 0 Å². The smallest absolute Gasteiger partial charge is 0.0722 e. The van der Waals surface area contributed by atoms with Crippen LogP contribution in [0.1, 0.15) is 12.8 Å². The van der Waals surface area contributed by atoms with Gasteiger partial charge >= 0.3 is 0 Å². The first-order valence-electron chi connectivity index (χ1n) is 6.64. The molecule has 0 unspecified atom stereocenters. The fraction of sp³-hybridized carbons (Fsp3) is 0.400. The van der Waals surface area contributed by atoms with Gasteiger partial charge in [0.1, 0.15) is 0 Å². The number of fused-ring (bicyclic) bond motifs is 1. The molecule has 1 fully saturated rings. The third kappa shape index (κ3) is 2.82. The molecule has 0 aliphatic carbocycles. The van der Waals surface area contributed by atoms with Crippen LogP contribution in [0.4, 0.5) is 5.69 Å². The monoisotopic (exact) mass is 277 g/mol. The highest BCUT2D eigenvalue weighted by atomic mass is 35.5. The molecule has 1 aromatic carbocycles. The van der Waals surface area contributed by atoms with E-state index < -0.39 is 0 Å². The Morgan fingerprint density at radius 2 is 1.89 bits per heavy atom. The van der Waals surface area contributed by atoms with Crippen molar-refractivity contribution in [3.05, 3.63) is 36.5 Å². The molecule has 0 atom stereocenters. The lowest BCUT2D eigenvalue weighted by atomic mass is 10.0. The van der Waals surface area contributed by atoms with Crippen molar-refractivity contribution < 1.29 is 0 Å². The molecule has 4 heteroatoms. The lowest BCUT2D eigenvalue weighted by Gasteiger charge is -2.34. The Labute approximate surface area is 120 Å². The van der Waals surface area contributed by atoms with E-state index in [2.05, 4.69) is 46.5 Å². The van der Waals surface area contributed by atoms with E-state index >= 15 is 0 Å². The summed E-state index contributed by atoms with van der Waals surface area (Å²) >= 11 is 0. The first-order chi connectivity index (χ1) is 8.88. The van der Waals surface area contributed by atoms with E-state index in [1.165, 1.54) is 23.9 Å². The van der Waals surface area contributed by atoms with Crippen LogP contribution >= 0.6 is 12.4 Å². The minimum absolute atomic E-state index is 0. The maximum absolute atomic E-state index is 4.43. The van der Waals surface area contributed by atoms with Crippen LogP contribution in [0, 0.1) is 0 Å². The average molecular weight is 278 g/mol. The van der Waals surface area contributed by atoms with E-state index in [1.54, 1.807) is 0 Å². The highest BCUT2D eigenvalue weighted by Crippen LogP contribution is 2.27. The van der Waals surface area contributed by atoms with Crippen molar-refractivity contribution in [3.8, 4) is 0 Å². The number of pyridine rings is 1. The molecule has 3 nitrogen and oxygen atoms in total. The number of aromatic nitrogens is 1. The molecular weight excluding hydrogens is 258 g/mol. The second-order valence-electron chi connectivity index (χ2n) is 4.90. The molecule has 1 aliphatic heterocycles. The highest BCUT2D eigenvalue weighted by Gasteiger charge is 2.19. The van der Waals surface area contributed by atoms with Gasteiger partial charge < -0.3 is 10.2 Å². The molecule has 102 valence electrons. The summed E-state index contributed by atoms with van der Waals surface area (Å²) in [7, 11) is 2.06. The first-order valence-corrected chi connectivity index (χ1v) is 6.64. The fourth-order valence-electron chi connectivity index (χ4n) is 2.77. The number of piperidine rings is 1. The normalized spacial score (nSPS) is 16.4. The number of para-hydroxylation sites is 1. The summed E-state index contributed by atoms with van der Waals surface area (Å²) in [5.41, 5.74) is 2.42. The molecule has 1 saturated heterocycles. The summed E-state index contributed by atoms with van der Waals surface area (Å²) in [6.45, 7) is 2.25. The second kappa shape index (κ2) is 6.22. The predicted molar refractivity (Wildman–Crippen MR) is 83.3 cm³/mol. The van der Waals surface area contributed by atoms with Crippen LogP contribution in [0.3, 0.4) is 0 Å². The van der Waals surface area contributed by atoms with Crippen molar-refractivity contribution in [1.82, 2.24) is 10.3 Å². The molecule has 0 bridgehead atoms. The Hall–Kier alpha value is -1.32. The molecule has 1 aliphatic rings. The average Bonchev–Trinajstić information content (AvgIpc) is 2.47. The summed E-state index contributed by atoms with van der Waals surface area (Å²) in [6.07, 6.45) is 4.35. The predicted octanol–water partition coefficient (Wildman–Crippen LogP) is 2.84. The minimum atomic E-state index is 0. The van der Waals surface area contributed by atoms with Crippen LogP contribution in [0.5, 0.6) is 0 Å². The Balaban J connectivity index is 0.00000133. The first kappa shape index (κ1) is 14.1. The lowest BCUT2D eigenvalue weighted by molar-refractivity contribution is 0.443. The molecule has 1 aromatic heterocycles. The van der Waals surface area contributed by atoms with E-state index in [9.17, 15) is 0 Å². The van der Waals surface area contributed by atoms with Crippen molar-refractivity contribution in [1.29, 1.82) is 0 Å². The van der Waals surface area contributed by atoms with Crippen LogP contribution in [0.2, 0.25) is 0 Å². The zero-order valence-electron chi connectivity index (χ0n) is 11.2. The number of anilines is 1. The Morgan fingerprint density at radius 3 is 2.63 bits per heavy atom. The number of nitrogens with zero attached hydrogens (tertiary/aromatic N) is 2. The highest BCUT2D eigenvalue weighted by molar-refractivity contribution is 5.91. The molecule has 0 radical (unpaired) electrons. The lowest BCUT2D eigenvalue weighted by Crippen LogP contribution is -2.41. The van der Waals surface area contributed by atoms with Crippen molar-refractivity contribution >= 4 is 29.0 Å². The van der Waals surface area contributed by atoms with Gasteiger partial charge in [0.15, 0.2) is 0 Å². The van der Waals surface area contributed by atoms with Crippen LogP contribution in [0.25, 0.3) is 10.9 Å². The summed E-state index contributed by atoms with van der Waals surface area (Å²) < 4.78 is 0. The molecule has 0 amide bonds. The Kier molecular flexibility index (Phi) is 4.61. The number of halogens is 1. The third-order valence-electron chi connectivity index (χ3n) is 3.87. The number of benzene rings is 1. The number of hydrogen-bond acceptors (Lipinski definition) is 3. The van der Waals surface area contributed by atoms with Crippen molar-refractivity contribution in [3.63, 3.8) is 0 Å². The molecule has 19 heavy (non-hydrogen) atoms. The fourth-order valence-corrected chi connectivity index (χ4v) is 2.77. The van der Waals surface area contributed by atoms with Gasteiger partial charge in [-0.3, -0.25) is 4.98 Å². The quantitative estimate of drug-likeness (QED) is 0.915. The van der Waals surface area contributed by atoms with E-state index in [-0.39, 0.29) is 12.4 Å². The SMILES string of the molecule is CNC1CCN(c2ccnc3ccccc23)CC1.Cl. The number of hydrogen-bond donors (Lipinski definition) is 1. The standard InChI is InChI=1S/C15H19N3.ClH/c1-16-12-7-10-18(11-8-12)15-6-9-17-14-5-3-2-4-13(14)15;/h2-6,9,12,16H,7-8,10-11H2,1H3;1H. The van der Waals surface area contributed by atoms with Crippen LogP contribution < -0.4 is 10.2 Å². The zero-order chi connectivity index (χ0) is 12.4. The molecule has 0 saturated carbocycles. The van der Waals surface area contributed by atoms with Crippen molar-refractivity contribution in [2.45, 2.75) is 18.9 Å². The van der Waals surface area contributed by atoms with Gasteiger partial charge in [-0.25, -0.2) is 0 Å². The molecular formula is C15H20ClN3. The van der Waals surface area contributed by atoms with Crippen LogP contribution in [0.15, 0.2) is 36.5 Å². The molecule has 2 heterocycles. The Bertz CT molecular complexity index is 530. The van der Waals surface area contributed by atoms with Gasteiger partial charge in [0, 0.05) is 36.4 Å². The van der Waals surface area contributed by atoms with Crippen molar-refractivity contribution in [2.75, 3.05) is 25.0 Å². The number of nitrogens with one attached hydrogen (secondary N) is 1. The van der Waals surface area contributed by atoms with E-state index in [4.69, 9.17) is 0 Å². The van der Waals surface area contributed by atoms with Gasteiger partial charge in [-0.15, -0.1) is 12.4 Å². The zero-order valence-corrected chi connectivity index (χ0v) is 12.0. The van der Waals surface area contributed by atoms with Gasteiger partial charge in [-0.2, -0.15) is 0 Å². The second-order valence-corrected chi connectivity index (χ2v) is 4.90. The van der Waals surface area contributed by atoms with Gasteiger partial charge in [0.25, 0.3) is 0 Å². The van der Waals surface area contributed by atoms with Crippen LogP contribution in [-0.2, 0) is 0 Å². The number of rotatable bonds is 2. The van der Waals surface area contributed by atoms with Gasteiger partial charge in [-0.05, 0) is 32.0 Å². The van der Waals surface area contributed by atoms with Gasteiger partial charge in [-0.1, -0.05) is 18.2 Å². The summed E-state index contributed by atoms with van der Waals surface area (Å²) in [5, 5.41) is 4.64. The van der Waals surface area contributed by atoms with Gasteiger partial charge in [0.05, 0.1) is 5.52 Å². The Morgan fingerprint density at radius 1 is 1.16 bits per heavy atom. The van der Waals surface area contributed by atoms with E-state index in [0.717, 1.165) is 18.6 Å². The maximum atomic E-state index is 4.43. The topological polar surface area (TPSA) is 28.2 Å². The summed E-state index contributed by atoms with van der Waals surface area (Å²) in [5.74, 6) is 0. The van der Waals surface area contributed by atoms with E-state index in [0.29, 0.717) is 6.04 Å². The molecule has 2 aromatic rings. The maximum Gasteiger partial charge on any atom is 0.0722 e. The van der Waals surface area contributed by atoms with Crippen LogP contribution in [-0.4, -0.2) is 31.2 Å². The summed E-state index contributed by atoms with van der Waals surface area (Å²) in [6, 6.07) is 11.2. The van der Waals surface area contributed by atoms with E-state index in [1.807, 2.05) is 12.3 Å². The molecule has 3 rings (SSSR count). The third-order valence-corrected chi connectivity index (χ3v) is 3.87. The molecule has 0 spiro atoms.